The largest absolute Gasteiger partial charge is 0.245 e. The van der Waals surface area contributed by atoms with Crippen molar-refractivity contribution in [3.63, 3.8) is 0 Å². The van der Waals surface area contributed by atoms with Crippen molar-refractivity contribution in [2.24, 2.45) is 0 Å². The second-order valence-corrected chi connectivity index (χ2v) is 6.80. The van der Waals surface area contributed by atoms with E-state index in [-0.39, 0.29) is 11.7 Å². The Morgan fingerprint density at radius 2 is 2.43 bits per heavy atom. The highest BCUT2D eigenvalue weighted by Gasteiger charge is 2.30. The zero-order valence-corrected chi connectivity index (χ0v) is 9.83. The summed E-state index contributed by atoms with van der Waals surface area (Å²) in [5.74, 6) is 1.05. The van der Waals surface area contributed by atoms with Crippen LogP contribution in [0.4, 0.5) is 0 Å². The summed E-state index contributed by atoms with van der Waals surface area (Å²) >= 11 is 7.14. The summed E-state index contributed by atoms with van der Waals surface area (Å²) in [6.45, 7) is 0. The maximum absolute atomic E-state index is 11.2. The van der Waals surface area contributed by atoms with Crippen LogP contribution in [0, 0.1) is 0 Å². The number of hydrogen-bond donors (Lipinski definition) is 0. The molecule has 0 aliphatic carbocycles. The molecule has 2 rings (SSSR count). The molecule has 1 aromatic rings. The molecule has 1 aromatic heterocycles. The second kappa shape index (κ2) is 3.79. The van der Waals surface area contributed by atoms with Crippen molar-refractivity contribution < 1.29 is 8.42 Å². The van der Waals surface area contributed by atoms with Gasteiger partial charge in [-0.05, 0) is 6.42 Å². The minimum absolute atomic E-state index is 0.0990. The monoisotopic (exact) mass is 251 g/mol. The molecule has 0 aromatic carbocycles. The smallest absolute Gasteiger partial charge is 0.151 e. The van der Waals surface area contributed by atoms with E-state index in [4.69, 9.17) is 11.6 Å². The van der Waals surface area contributed by atoms with E-state index < -0.39 is 9.84 Å². The van der Waals surface area contributed by atoms with Gasteiger partial charge in [0.25, 0.3) is 0 Å². The van der Waals surface area contributed by atoms with Crippen LogP contribution in [0.15, 0.2) is 5.38 Å². The molecular weight excluding hydrogens is 242 g/mol. The van der Waals surface area contributed by atoms with E-state index in [2.05, 4.69) is 4.98 Å². The number of sulfone groups is 1. The molecule has 3 nitrogen and oxygen atoms in total. The number of halogens is 1. The first kappa shape index (κ1) is 10.4. The van der Waals surface area contributed by atoms with Gasteiger partial charge < -0.3 is 0 Å². The fraction of sp³-hybridized carbons (Fsp3) is 0.625. The Bertz CT molecular complexity index is 426. The van der Waals surface area contributed by atoms with Crippen LogP contribution in [0.5, 0.6) is 0 Å². The van der Waals surface area contributed by atoms with E-state index in [9.17, 15) is 8.42 Å². The summed E-state index contributed by atoms with van der Waals surface area (Å²) in [6, 6.07) is 0. The summed E-state index contributed by atoms with van der Waals surface area (Å²) in [4.78, 5) is 4.30. The van der Waals surface area contributed by atoms with Crippen LogP contribution in [0.2, 0.25) is 0 Å². The van der Waals surface area contributed by atoms with E-state index in [1.165, 1.54) is 11.3 Å². The van der Waals surface area contributed by atoms with Crippen molar-refractivity contribution in [3.8, 4) is 0 Å². The number of thiazole rings is 1. The van der Waals surface area contributed by atoms with Crippen LogP contribution in [0.3, 0.4) is 0 Å². The third kappa shape index (κ3) is 2.10. The number of rotatable bonds is 2. The molecule has 0 spiro atoms. The molecule has 1 atom stereocenters. The molecule has 0 N–H and O–H groups in total. The quantitative estimate of drug-likeness (QED) is 0.753. The molecule has 1 unspecified atom stereocenters. The van der Waals surface area contributed by atoms with Crippen molar-refractivity contribution in [1.82, 2.24) is 4.98 Å². The van der Waals surface area contributed by atoms with Gasteiger partial charge in [0.1, 0.15) is 0 Å². The Morgan fingerprint density at radius 1 is 1.64 bits per heavy atom. The molecule has 0 amide bonds. The lowest BCUT2D eigenvalue weighted by Gasteiger charge is -2.00. The van der Waals surface area contributed by atoms with Gasteiger partial charge in [-0.25, -0.2) is 13.4 Å². The molecule has 1 saturated heterocycles. The lowest BCUT2D eigenvalue weighted by atomic mass is 10.1. The lowest BCUT2D eigenvalue weighted by molar-refractivity contribution is 0.601. The van der Waals surface area contributed by atoms with Crippen molar-refractivity contribution in [3.05, 3.63) is 16.1 Å². The highest BCUT2D eigenvalue weighted by Crippen LogP contribution is 2.31. The van der Waals surface area contributed by atoms with Gasteiger partial charge in [-0.1, -0.05) is 0 Å². The molecule has 0 radical (unpaired) electrons. The van der Waals surface area contributed by atoms with Crippen molar-refractivity contribution in [2.75, 3.05) is 11.5 Å². The SMILES string of the molecule is O=S1(=O)CCC(c2nc(CCl)cs2)C1. The number of nitrogens with zero attached hydrogens (tertiary/aromatic N) is 1. The molecule has 78 valence electrons. The van der Waals surface area contributed by atoms with Gasteiger partial charge in [0.2, 0.25) is 0 Å². The third-order valence-corrected chi connectivity index (χ3v) is 5.39. The molecular formula is C8H10ClNO2S2. The number of alkyl halides is 1. The van der Waals surface area contributed by atoms with Gasteiger partial charge in [0.15, 0.2) is 9.84 Å². The molecule has 6 heteroatoms. The molecule has 0 bridgehead atoms. The van der Waals surface area contributed by atoms with Crippen LogP contribution in [0.1, 0.15) is 23.0 Å². The standard InChI is InChI=1S/C8H10ClNO2S2/c9-3-7-4-13-8(10-7)6-1-2-14(11,12)5-6/h4,6H,1-3,5H2. The lowest BCUT2D eigenvalue weighted by Crippen LogP contribution is -2.03. The molecule has 14 heavy (non-hydrogen) atoms. The van der Waals surface area contributed by atoms with Crippen LogP contribution in [-0.4, -0.2) is 24.9 Å². The summed E-state index contributed by atoms with van der Waals surface area (Å²) in [5.41, 5.74) is 0.843. The Balaban J connectivity index is 2.17. The van der Waals surface area contributed by atoms with Crippen molar-refractivity contribution in [1.29, 1.82) is 0 Å². The van der Waals surface area contributed by atoms with Gasteiger partial charge in [0, 0.05) is 11.3 Å². The normalized spacial score (nSPS) is 25.4. The van der Waals surface area contributed by atoms with E-state index >= 15 is 0 Å². The van der Waals surface area contributed by atoms with E-state index in [1.54, 1.807) is 0 Å². The second-order valence-electron chi connectivity index (χ2n) is 3.41. The first-order chi connectivity index (χ1) is 6.61. The number of hydrogen-bond acceptors (Lipinski definition) is 4. The van der Waals surface area contributed by atoms with Gasteiger partial charge in [-0.3, -0.25) is 0 Å². The van der Waals surface area contributed by atoms with Crippen molar-refractivity contribution in [2.45, 2.75) is 18.2 Å². The Hall–Kier alpha value is -0.130. The van der Waals surface area contributed by atoms with Crippen LogP contribution in [-0.2, 0) is 15.7 Å². The summed E-state index contributed by atoms with van der Waals surface area (Å²) < 4.78 is 22.5. The summed E-state index contributed by atoms with van der Waals surface area (Å²) in [6.07, 6.45) is 0.706. The average Bonchev–Trinajstić information content (AvgIpc) is 2.70. The maximum atomic E-state index is 11.2. The predicted molar refractivity (Wildman–Crippen MR) is 57.7 cm³/mol. The van der Waals surface area contributed by atoms with E-state index in [0.29, 0.717) is 18.1 Å². The van der Waals surface area contributed by atoms with Gasteiger partial charge in [-0.2, -0.15) is 0 Å². The molecule has 0 saturated carbocycles. The first-order valence-corrected chi connectivity index (χ1v) is 7.55. The molecule has 2 heterocycles. The zero-order chi connectivity index (χ0) is 10.2. The highest BCUT2D eigenvalue weighted by molar-refractivity contribution is 7.91. The third-order valence-electron chi connectivity index (χ3n) is 2.29. The zero-order valence-electron chi connectivity index (χ0n) is 7.44. The molecule has 1 aliphatic rings. The highest BCUT2D eigenvalue weighted by atomic mass is 35.5. The first-order valence-electron chi connectivity index (χ1n) is 4.31. The predicted octanol–water partition coefficient (Wildman–Crippen LogP) is 1.78. The van der Waals surface area contributed by atoms with Gasteiger partial charge >= 0.3 is 0 Å². The Labute approximate surface area is 92.0 Å². The van der Waals surface area contributed by atoms with Crippen LogP contribution < -0.4 is 0 Å². The van der Waals surface area contributed by atoms with Crippen LogP contribution >= 0.6 is 22.9 Å². The fourth-order valence-electron chi connectivity index (χ4n) is 1.56. The summed E-state index contributed by atoms with van der Waals surface area (Å²) in [7, 11) is -2.81. The summed E-state index contributed by atoms with van der Waals surface area (Å²) in [5, 5.41) is 2.81. The minimum Gasteiger partial charge on any atom is -0.245 e. The molecule has 1 aliphatic heterocycles. The van der Waals surface area contributed by atoms with Gasteiger partial charge in [-0.15, -0.1) is 22.9 Å². The topological polar surface area (TPSA) is 47.0 Å². The average molecular weight is 252 g/mol. The maximum Gasteiger partial charge on any atom is 0.151 e. The fourth-order valence-corrected chi connectivity index (χ4v) is 4.60. The number of aromatic nitrogens is 1. The van der Waals surface area contributed by atoms with E-state index in [0.717, 1.165) is 10.7 Å². The van der Waals surface area contributed by atoms with Crippen molar-refractivity contribution >= 4 is 32.8 Å². The van der Waals surface area contributed by atoms with E-state index in [1.807, 2.05) is 5.38 Å². The minimum atomic E-state index is -2.81. The Kier molecular flexibility index (Phi) is 2.81. The Morgan fingerprint density at radius 3 is 2.93 bits per heavy atom. The van der Waals surface area contributed by atoms with Crippen LogP contribution in [0.25, 0.3) is 0 Å². The molecule has 1 fully saturated rings. The van der Waals surface area contributed by atoms with Gasteiger partial charge in [0.05, 0.1) is 28.1 Å².